The molecule has 0 amide bonds. The van der Waals surface area contributed by atoms with Gasteiger partial charge in [-0.05, 0) is 52.2 Å². The predicted octanol–water partition coefficient (Wildman–Crippen LogP) is 4.33. The molecule has 3 nitrogen and oxygen atoms in total. The Balaban J connectivity index is 1.76. The summed E-state index contributed by atoms with van der Waals surface area (Å²) in [6, 6.07) is 14.7. The van der Waals surface area contributed by atoms with E-state index >= 15 is 0 Å². The van der Waals surface area contributed by atoms with E-state index < -0.39 is 0 Å². The van der Waals surface area contributed by atoms with Gasteiger partial charge in [0, 0.05) is 23.0 Å². The van der Waals surface area contributed by atoms with Crippen molar-refractivity contribution in [2.24, 2.45) is 0 Å². The van der Waals surface area contributed by atoms with Crippen molar-refractivity contribution in [1.29, 1.82) is 0 Å². The third kappa shape index (κ3) is 2.65. The molecule has 5 heteroatoms. The van der Waals surface area contributed by atoms with E-state index in [1.54, 1.807) is 0 Å². The molecule has 1 aliphatic heterocycles. The molecule has 0 saturated carbocycles. The van der Waals surface area contributed by atoms with Crippen molar-refractivity contribution in [2.75, 3.05) is 11.9 Å². The maximum absolute atomic E-state index is 13.1. The minimum atomic E-state index is -0.209. The lowest BCUT2D eigenvalue weighted by atomic mass is 10.1. The van der Waals surface area contributed by atoms with Crippen LogP contribution in [-0.4, -0.2) is 16.3 Å². The number of benzene rings is 2. The van der Waals surface area contributed by atoms with Gasteiger partial charge in [-0.2, -0.15) is 5.10 Å². The van der Waals surface area contributed by atoms with E-state index in [2.05, 4.69) is 21.2 Å². The topological polar surface area (TPSA) is 29.9 Å². The predicted molar refractivity (Wildman–Crippen MR) is 92.7 cm³/mol. The largest absolute Gasteiger partial charge is 0.369 e. The molecule has 2 aromatic carbocycles. The van der Waals surface area contributed by atoms with Gasteiger partial charge in [0.15, 0.2) is 0 Å². The Labute approximate surface area is 142 Å². The molecule has 0 atom stereocenters. The third-order valence-corrected chi connectivity index (χ3v) is 4.77. The zero-order chi connectivity index (χ0) is 15.8. The van der Waals surface area contributed by atoms with Crippen LogP contribution in [0.2, 0.25) is 0 Å². The molecule has 0 fully saturated rings. The second kappa shape index (κ2) is 5.81. The number of para-hydroxylation sites is 1. The quantitative estimate of drug-likeness (QED) is 0.742. The van der Waals surface area contributed by atoms with Crippen LogP contribution in [-0.2, 0) is 12.8 Å². The van der Waals surface area contributed by atoms with Gasteiger partial charge in [-0.3, -0.25) is 0 Å². The molecule has 3 aromatic rings. The molecule has 116 valence electrons. The van der Waals surface area contributed by atoms with E-state index in [0.717, 1.165) is 40.2 Å². The molecule has 1 aromatic heterocycles. The number of halogens is 2. The Bertz CT molecular complexity index is 855. The summed E-state index contributed by atoms with van der Waals surface area (Å²) < 4.78 is 16.1. The number of hydrogen-bond acceptors (Lipinski definition) is 2. The van der Waals surface area contributed by atoms with E-state index in [-0.39, 0.29) is 5.82 Å². The van der Waals surface area contributed by atoms with Gasteiger partial charge in [0.05, 0.1) is 11.4 Å². The van der Waals surface area contributed by atoms with Crippen molar-refractivity contribution < 1.29 is 4.39 Å². The fraction of sp³-hybridized carbons (Fsp3) is 0.167. The molecule has 23 heavy (non-hydrogen) atoms. The summed E-state index contributed by atoms with van der Waals surface area (Å²) in [7, 11) is 0. The molecule has 4 rings (SSSR count). The number of nitrogens with zero attached hydrogens (tertiary/aromatic N) is 2. The normalized spacial score (nSPS) is 13.0. The first-order chi connectivity index (χ1) is 11.2. The maximum atomic E-state index is 13.1. The molecule has 1 N–H and O–H groups in total. The highest BCUT2D eigenvalue weighted by molar-refractivity contribution is 9.10. The molecule has 0 saturated heterocycles. The first kappa shape index (κ1) is 14.5. The van der Waals surface area contributed by atoms with Gasteiger partial charge < -0.3 is 5.32 Å². The molecular formula is C18H15BrFN3. The molecule has 1 aliphatic rings. The van der Waals surface area contributed by atoms with Gasteiger partial charge in [0.25, 0.3) is 0 Å². The molecule has 0 radical (unpaired) electrons. The van der Waals surface area contributed by atoms with Crippen molar-refractivity contribution in [3.05, 3.63) is 75.6 Å². The number of fused-ring (bicyclic) bond motifs is 1. The standard InChI is InChI=1S/C18H15BrFN3/c19-15-3-1-2-4-17(15)23-18-14(9-10-21-18)16(22-23)11-12-5-7-13(20)8-6-12/h1-8,21H,9-11H2. The highest BCUT2D eigenvalue weighted by Gasteiger charge is 2.23. The van der Waals surface area contributed by atoms with Gasteiger partial charge in [0.1, 0.15) is 11.6 Å². The Morgan fingerprint density at radius 3 is 2.70 bits per heavy atom. The SMILES string of the molecule is Fc1ccc(Cc2nn(-c3ccccc3Br)c3c2CCN3)cc1. The van der Waals surface area contributed by atoms with E-state index in [4.69, 9.17) is 5.10 Å². The van der Waals surface area contributed by atoms with Gasteiger partial charge in [-0.1, -0.05) is 24.3 Å². The zero-order valence-electron chi connectivity index (χ0n) is 12.4. The lowest BCUT2D eigenvalue weighted by molar-refractivity contribution is 0.627. The van der Waals surface area contributed by atoms with Crippen LogP contribution < -0.4 is 5.32 Å². The lowest BCUT2D eigenvalue weighted by Gasteiger charge is -2.08. The van der Waals surface area contributed by atoms with Crippen molar-refractivity contribution in [1.82, 2.24) is 9.78 Å². The first-order valence-electron chi connectivity index (χ1n) is 7.56. The lowest BCUT2D eigenvalue weighted by Crippen LogP contribution is -2.05. The highest BCUT2D eigenvalue weighted by atomic mass is 79.9. The minimum absolute atomic E-state index is 0.209. The summed E-state index contributed by atoms with van der Waals surface area (Å²) in [6.45, 7) is 0.925. The average molecular weight is 372 g/mol. The minimum Gasteiger partial charge on any atom is -0.369 e. The van der Waals surface area contributed by atoms with Crippen LogP contribution in [0.15, 0.2) is 53.0 Å². The van der Waals surface area contributed by atoms with Crippen molar-refractivity contribution >= 4 is 21.7 Å². The summed E-state index contributed by atoms with van der Waals surface area (Å²) in [5, 5.41) is 8.24. The van der Waals surface area contributed by atoms with Crippen LogP contribution >= 0.6 is 15.9 Å². The first-order valence-corrected chi connectivity index (χ1v) is 8.35. The number of aromatic nitrogens is 2. The molecule has 0 unspecified atom stereocenters. The number of rotatable bonds is 3. The Kier molecular flexibility index (Phi) is 3.65. The monoisotopic (exact) mass is 371 g/mol. The highest BCUT2D eigenvalue weighted by Crippen LogP contribution is 2.32. The number of hydrogen-bond donors (Lipinski definition) is 1. The molecular weight excluding hydrogens is 357 g/mol. The number of anilines is 1. The fourth-order valence-corrected chi connectivity index (χ4v) is 3.43. The van der Waals surface area contributed by atoms with Crippen LogP contribution in [0.5, 0.6) is 0 Å². The van der Waals surface area contributed by atoms with Crippen LogP contribution in [0.1, 0.15) is 16.8 Å². The second-order valence-corrected chi connectivity index (χ2v) is 6.47. The van der Waals surface area contributed by atoms with Crippen LogP contribution in [0.4, 0.5) is 10.2 Å². The molecule has 0 spiro atoms. The van der Waals surface area contributed by atoms with E-state index in [1.165, 1.54) is 17.7 Å². The second-order valence-electron chi connectivity index (χ2n) is 5.62. The van der Waals surface area contributed by atoms with Crippen molar-refractivity contribution in [3.8, 4) is 5.69 Å². The van der Waals surface area contributed by atoms with Gasteiger partial charge >= 0.3 is 0 Å². The Hall–Kier alpha value is -2.14. The van der Waals surface area contributed by atoms with Crippen LogP contribution in [0, 0.1) is 5.82 Å². The smallest absolute Gasteiger partial charge is 0.133 e. The summed E-state index contributed by atoms with van der Waals surface area (Å²) in [5.41, 5.74) is 4.39. The summed E-state index contributed by atoms with van der Waals surface area (Å²) in [4.78, 5) is 0. The number of nitrogens with one attached hydrogen (secondary N) is 1. The van der Waals surface area contributed by atoms with Gasteiger partial charge in [-0.25, -0.2) is 9.07 Å². The molecule has 0 aliphatic carbocycles. The molecule has 2 heterocycles. The van der Waals surface area contributed by atoms with Crippen LogP contribution in [0.25, 0.3) is 5.69 Å². The van der Waals surface area contributed by atoms with Crippen molar-refractivity contribution in [3.63, 3.8) is 0 Å². The Morgan fingerprint density at radius 2 is 1.91 bits per heavy atom. The van der Waals surface area contributed by atoms with E-state index in [0.29, 0.717) is 6.42 Å². The maximum Gasteiger partial charge on any atom is 0.133 e. The van der Waals surface area contributed by atoms with Gasteiger partial charge in [0.2, 0.25) is 0 Å². The van der Waals surface area contributed by atoms with E-state index in [1.807, 2.05) is 41.1 Å². The average Bonchev–Trinajstić information content (AvgIpc) is 3.14. The van der Waals surface area contributed by atoms with Crippen LogP contribution in [0.3, 0.4) is 0 Å². The van der Waals surface area contributed by atoms with E-state index in [9.17, 15) is 4.39 Å². The zero-order valence-corrected chi connectivity index (χ0v) is 14.0. The summed E-state index contributed by atoms with van der Waals surface area (Å²) in [6.07, 6.45) is 1.68. The summed E-state index contributed by atoms with van der Waals surface area (Å²) in [5.74, 6) is 0.855. The van der Waals surface area contributed by atoms with Gasteiger partial charge in [-0.15, -0.1) is 0 Å². The Morgan fingerprint density at radius 1 is 1.13 bits per heavy atom. The third-order valence-electron chi connectivity index (χ3n) is 4.10. The summed E-state index contributed by atoms with van der Waals surface area (Å²) >= 11 is 3.60. The molecule has 0 bridgehead atoms. The fourth-order valence-electron chi connectivity index (χ4n) is 2.98. The van der Waals surface area contributed by atoms with Crippen molar-refractivity contribution in [2.45, 2.75) is 12.8 Å².